The van der Waals surface area contributed by atoms with Gasteiger partial charge in [0, 0.05) is 36.3 Å². The largest absolute Gasteiger partial charge is 0.495 e. The SMILES string of the molecule is COc1ccc(C)cc1NC(=O)C(=O)NC[C@H](O)c1cn(C)c2ccccc12. The molecule has 28 heavy (non-hydrogen) atoms. The molecule has 7 nitrogen and oxygen atoms in total. The third-order valence-corrected chi connectivity index (χ3v) is 4.55. The van der Waals surface area contributed by atoms with Crippen LogP contribution in [-0.2, 0) is 16.6 Å². The Balaban J connectivity index is 1.65. The van der Waals surface area contributed by atoms with Crippen molar-refractivity contribution < 1.29 is 19.4 Å². The summed E-state index contributed by atoms with van der Waals surface area (Å²) in [7, 11) is 3.38. The third-order valence-electron chi connectivity index (χ3n) is 4.55. The number of carbonyl (C=O) groups excluding carboxylic acids is 2. The van der Waals surface area contributed by atoms with Crippen molar-refractivity contribution in [1.82, 2.24) is 9.88 Å². The average Bonchev–Trinajstić information content (AvgIpc) is 3.03. The lowest BCUT2D eigenvalue weighted by molar-refractivity contribution is -0.136. The van der Waals surface area contributed by atoms with E-state index in [0.717, 1.165) is 16.5 Å². The van der Waals surface area contributed by atoms with Gasteiger partial charge in [-0.05, 0) is 30.7 Å². The Hall–Kier alpha value is -3.32. The molecule has 2 aromatic carbocycles. The van der Waals surface area contributed by atoms with E-state index in [-0.39, 0.29) is 6.54 Å². The van der Waals surface area contributed by atoms with Crippen LogP contribution in [0, 0.1) is 6.92 Å². The predicted molar refractivity (Wildman–Crippen MR) is 107 cm³/mol. The summed E-state index contributed by atoms with van der Waals surface area (Å²) >= 11 is 0. The van der Waals surface area contributed by atoms with Crippen molar-refractivity contribution in [3.05, 3.63) is 59.8 Å². The van der Waals surface area contributed by atoms with Crippen LogP contribution in [-0.4, -0.2) is 35.1 Å². The maximum atomic E-state index is 12.2. The zero-order valence-electron chi connectivity index (χ0n) is 16.0. The molecule has 0 spiro atoms. The Morgan fingerprint density at radius 1 is 1.18 bits per heavy atom. The number of methoxy groups -OCH3 is 1. The number of benzene rings is 2. The summed E-state index contributed by atoms with van der Waals surface area (Å²) in [4.78, 5) is 24.3. The van der Waals surface area contributed by atoms with E-state index in [1.807, 2.05) is 55.1 Å². The van der Waals surface area contributed by atoms with Gasteiger partial charge in [0.25, 0.3) is 0 Å². The quantitative estimate of drug-likeness (QED) is 0.591. The number of nitrogens with one attached hydrogen (secondary N) is 2. The summed E-state index contributed by atoms with van der Waals surface area (Å²) in [5.74, 6) is -1.19. The summed E-state index contributed by atoms with van der Waals surface area (Å²) in [6.45, 7) is 1.79. The van der Waals surface area contributed by atoms with Crippen LogP contribution in [0.3, 0.4) is 0 Å². The number of anilines is 1. The topological polar surface area (TPSA) is 92.6 Å². The molecule has 0 aliphatic carbocycles. The lowest BCUT2D eigenvalue weighted by Crippen LogP contribution is -2.37. The number of aliphatic hydroxyl groups excluding tert-OH is 1. The second kappa shape index (κ2) is 8.14. The highest BCUT2D eigenvalue weighted by molar-refractivity contribution is 6.39. The van der Waals surface area contributed by atoms with Gasteiger partial charge in [0.15, 0.2) is 0 Å². The van der Waals surface area contributed by atoms with Crippen molar-refractivity contribution >= 4 is 28.4 Å². The summed E-state index contributed by atoms with van der Waals surface area (Å²) in [6.07, 6.45) is 0.885. The fourth-order valence-corrected chi connectivity index (χ4v) is 3.12. The molecule has 0 bridgehead atoms. The molecule has 0 aliphatic heterocycles. The minimum atomic E-state index is -0.934. The fraction of sp³-hybridized carbons (Fsp3) is 0.238. The van der Waals surface area contributed by atoms with Crippen LogP contribution in [0.5, 0.6) is 5.75 Å². The van der Waals surface area contributed by atoms with Gasteiger partial charge in [-0.15, -0.1) is 0 Å². The Morgan fingerprint density at radius 3 is 2.68 bits per heavy atom. The minimum absolute atomic E-state index is 0.0782. The number of aliphatic hydroxyl groups is 1. The van der Waals surface area contributed by atoms with Crippen LogP contribution in [0.2, 0.25) is 0 Å². The lowest BCUT2D eigenvalue weighted by Gasteiger charge is -2.13. The molecule has 0 radical (unpaired) electrons. The Kier molecular flexibility index (Phi) is 5.65. The van der Waals surface area contributed by atoms with E-state index in [1.165, 1.54) is 7.11 Å². The minimum Gasteiger partial charge on any atom is -0.495 e. The van der Waals surface area contributed by atoms with E-state index in [9.17, 15) is 14.7 Å². The zero-order valence-corrected chi connectivity index (χ0v) is 16.0. The highest BCUT2D eigenvalue weighted by Crippen LogP contribution is 2.26. The van der Waals surface area contributed by atoms with Crippen LogP contribution in [0.4, 0.5) is 5.69 Å². The number of hydrogen-bond donors (Lipinski definition) is 3. The molecule has 0 unspecified atom stereocenters. The molecule has 1 aromatic heterocycles. The standard InChI is InChI=1S/C21H23N3O4/c1-13-8-9-19(28-3)16(10-13)23-21(27)20(26)22-11-18(25)15-12-24(2)17-7-5-4-6-14(15)17/h4-10,12,18,25H,11H2,1-3H3,(H,22,26)(H,23,27)/t18-/m0/s1. The van der Waals surface area contributed by atoms with Gasteiger partial charge in [0.1, 0.15) is 5.75 Å². The van der Waals surface area contributed by atoms with Gasteiger partial charge in [-0.1, -0.05) is 24.3 Å². The van der Waals surface area contributed by atoms with Crippen molar-refractivity contribution in [2.75, 3.05) is 19.0 Å². The first-order chi connectivity index (χ1) is 13.4. The average molecular weight is 381 g/mol. The highest BCUT2D eigenvalue weighted by atomic mass is 16.5. The fourth-order valence-electron chi connectivity index (χ4n) is 3.12. The van der Waals surface area contributed by atoms with Gasteiger partial charge in [0.05, 0.1) is 18.9 Å². The van der Waals surface area contributed by atoms with E-state index in [1.54, 1.807) is 12.1 Å². The molecule has 0 fully saturated rings. The second-order valence-corrected chi connectivity index (χ2v) is 6.60. The molecule has 3 N–H and O–H groups in total. The first kappa shape index (κ1) is 19.4. The van der Waals surface area contributed by atoms with Crippen molar-refractivity contribution in [3.63, 3.8) is 0 Å². The second-order valence-electron chi connectivity index (χ2n) is 6.60. The molecule has 1 heterocycles. The molecule has 3 aromatic rings. The molecule has 0 saturated heterocycles. The van der Waals surface area contributed by atoms with Crippen LogP contribution in [0.1, 0.15) is 17.2 Å². The molecule has 0 saturated carbocycles. The van der Waals surface area contributed by atoms with Crippen molar-refractivity contribution in [2.24, 2.45) is 7.05 Å². The number of nitrogens with zero attached hydrogens (tertiary/aromatic N) is 1. The summed E-state index contributed by atoms with van der Waals surface area (Å²) < 4.78 is 7.10. The summed E-state index contributed by atoms with van der Waals surface area (Å²) in [6, 6.07) is 12.9. The molecular formula is C21H23N3O4. The van der Waals surface area contributed by atoms with E-state index >= 15 is 0 Å². The molecule has 3 rings (SSSR count). The van der Waals surface area contributed by atoms with Crippen LogP contribution >= 0.6 is 0 Å². The number of aromatic nitrogens is 1. The first-order valence-electron chi connectivity index (χ1n) is 8.86. The van der Waals surface area contributed by atoms with E-state index < -0.39 is 17.9 Å². The maximum Gasteiger partial charge on any atom is 0.313 e. The number of aryl methyl sites for hydroxylation is 2. The Labute approximate surface area is 162 Å². The van der Waals surface area contributed by atoms with Gasteiger partial charge < -0.3 is 25.0 Å². The van der Waals surface area contributed by atoms with E-state index in [4.69, 9.17) is 4.74 Å². The van der Waals surface area contributed by atoms with Gasteiger partial charge in [-0.25, -0.2) is 0 Å². The van der Waals surface area contributed by atoms with Crippen LogP contribution in [0.15, 0.2) is 48.7 Å². The predicted octanol–water partition coefficient (Wildman–Crippen LogP) is 2.28. The number of para-hydroxylation sites is 1. The Morgan fingerprint density at radius 2 is 1.93 bits per heavy atom. The molecule has 2 amide bonds. The monoisotopic (exact) mass is 381 g/mol. The lowest BCUT2D eigenvalue weighted by atomic mass is 10.1. The number of hydrogen-bond acceptors (Lipinski definition) is 4. The summed E-state index contributed by atoms with van der Waals surface area (Å²) in [5.41, 5.74) is 3.01. The van der Waals surface area contributed by atoms with E-state index in [2.05, 4.69) is 10.6 Å². The third kappa shape index (κ3) is 3.99. The van der Waals surface area contributed by atoms with E-state index in [0.29, 0.717) is 17.0 Å². The first-order valence-corrected chi connectivity index (χ1v) is 8.86. The molecular weight excluding hydrogens is 358 g/mol. The smallest absolute Gasteiger partial charge is 0.313 e. The maximum absolute atomic E-state index is 12.2. The van der Waals surface area contributed by atoms with Crippen molar-refractivity contribution in [1.29, 1.82) is 0 Å². The molecule has 1 atom stereocenters. The summed E-state index contributed by atoms with van der Waals surface area (Å²) in [5, 5.41) is 16.4. The molecule has 146 valence electrons. The zero-order chi connectivity index (χ0) is 20.3. The van der Waals surface area contributed by atoms with Crippen LogP contribution < -0.4 is 15.4 Å². The molecule has 0 aliphatic rings. The van der Waals surface area contributed by atoms with Gasteiger partial charge in [0.2, 0.25) is 0 Å². The van der Waals surface area contributed by atoms with Crippen LogP contribution in [0.25, 0.3) is 10.9 Å². The number of fused-ring (bicyclic) bond motifs is 1. The molecule has 7 heteroatoms. The highest BCUT2D eigenvalue weighted by Gasteiger charge is 2.19. The number of amides is 2. The number of rotatable bonds is 5. The normalized spacial score (nSPS) is 11.9. The van der Waals surface area contributed by atoms with Gasteiger partial charge >= 0.3 is 11.8 Å². The van der Waals surface area contributed by atoms with Crippen molar-refractivity contribution in [3.8, 4) is 5.75 Å². The van der Waals surface area contributed by atoms with Gasteiger partial charge in [-0.2, -0.15) is 0 Å². The number of carbonyl (C=O) groups is 2. The Bertz CT molecular complexity index is 1030. The van der Waals surface area contributed by atoms with Crippen molar-refractivity contribution in [2.45, 2.75) is 13.0 Å². The van der Waals surface area contributed by atoms with Gasteiger partial charge in [-0.3, -0.25) is 9.59 Å². The number of ether oxygens (including phenoxy) is 1.